The monoisotopic (exact) mass is 354 g/mol. The van der Waals surface area contributed by atoms with E-state index in [1.807, 2.05) is 0 Å². The minimum absolute atomic E-state index is 0.0305. The summed E-state index contributed by atoms with van der Waals surface area (Å²) in [6.07, 6.45) is 7.13. The summed E-state index contributed by atoms with van der Waals surface area (Å²) in [5, 5.41) is 3.30. The van der Waals surface area contributed by atoms with Crippen molar-refractivity contribution in [3.8, 4) is 0 Å². The third kappa shape index (κ3) is 3.69. The predicted octanol–water partition coefficient (Wildman–Crippen LogP) is 4.47. The fraction of sp³-hybridized carbons (Fsp3) is 0.696. The van der Waals surface area contributed by atoms with E-state index in [2.05, 4.69) is 55.3 Å². The first-order chi connectivity index (χ1) is 12.4. The number of piperidine rings is 1. The van der Waals surface area contributed by atoms with E-state index in [0.29, 0.717) is 23.3 Å². The maximum Gasteiger partial charge on any atom is 0.226 e. The maximum atomic E-state index is 12.2. The van der Waals surface area contributed by atoms with Gasteiger partial charge in [-0.1, -0.05) is 45.0 Å². The van der Waals surface area contributed by atoms with Crippen molar-refractivity contribution in [2.45, 2.75) is 77.8 Å². The third-order valence-electron chi connectivity index (χ3n) is 7.21. The maximum absolute atomic E-state index is 12.2. The zero-order valence-electron chi connectivity index (χ0n) is 16.7. The van der Waals surface area contributed by atoms with Crippen LogP contribution in [0.4, 0.5) is 0 Å². The highest BCUT2D eigenvalue weighted by atomic mass is 16.2. The summed E-state index contributed by atoms with van der Waals surface area (Å²) in [5.74, 6) is 0.910. The number of hydrogen-bond donors (Lipinski definition) is 1. The van der Waals surface area contributed by atoms with Crippen molar-refractivity contribution in [3.05, 3.63) is 35.4 Å². The lowest BCUT2D eigenvalue weighted by Gasteiger charge is -2.52. The van der Waals surface area contributed by atoms with Gasteiger partial charge in [0.25, 0.3) is 0 Å². The van der Waals surface area contributed by atoms with Crippen molar-refractivity contribution >= 4 is 5.91 Å². The van der Waals surface area contributed by atoms with Crippen molar-refractivity contribution in [3.63, 3.8) is 0 Å². The standard InChI is InChI=1S/C23H34N2O/c1-17(2)19-6-4-18(5-7-19)16-25-12-10-23(11-13-25)14-20(15-23)24-21(26)22(3)8-9-22/h4-7,17,20H,8-16H2,1-3H3,(H,24,26). The number of rotatable bonds is 5. The van der Waals surface area contributed by atoms with Crippen LogP contribution in [0.2, 0.25) is 0 Å². The Bertz CT molecular complexity index is 643. The Kier molecular flexibility index (Phi) is 4.63. The van der Waals surface area contributed by atoms with E-state index in [4.69, 9.17) is 0 Å². The van der Waals surface area contributed by atoms with Gasteiger partial charge in [0.05, 0.1) is 0 Å². The molecule has 1 aliphatic heterocycles. The van der Waals surface area contributed by atoms with Gasteiger partial charge < -0.3 is 5.32 Å². The van der Waals surface area contributed by atoms with E-state index in [1.54, 1.807) is 0 Å². The van der Waals surface area contributed by atoms with Crippen molar-refractivity contribution in [1.82, 2.24) is 10.2 Å². The second-order valence-corrected chi connectivity index (χ2v) is 9.81. The van der Waals surface area contributed by atoms with Gasteiger partial charge in [-0.25, -0.2) is 0 Å². The van der Waals surface area contributed by atoms with E-state index in [0.717, 1.165) is 19.4 Å². The molecule has 142 valence electrons. The van der Waals surface area contributed by atoms with E-state index in [1.165, 1.54) is 49.9 Å². The minimum Gasteiger partial charge on any atom is -0.353 e. The summed E-state index contributed by atoms with van der Waals surface area (Å²) in [5.41, 5.74) is 3.34. The Labute approximate surface area is 158 Å². The minimum atomic E-state index is -0.0305. The molecule has 1 N–H and O–H groups in total. The van der Waals surface area contributed by atoms with Crippen LogP contribution in [-0.4, -0.2) is 29.9 Å². The smallest absolute Gasteiger partial charge is 0.226 e. The summed E-state index contributed by atoms with van der Waals surface area (Å²) in [4.78, 5) is 14.8. The highest BCUT2D eigenvalue weighted by Gasteiger charge is 2.50. The Hall–Kier alpha value is -1.35. The zero-order valence-corrected chi connectivity index (χ0v) is 16.7. The van der Waals surface area contributed by atoms with Gasteiger partial charge in [0.2, 0.25) is 5.91 Å². The first-order valence-electron chi connectivity index (χ1n) is 10.5. The summed E-state index contributed by atoms with van der Waals surface area (Å²) >= 11 is 0. The first kappa shape index (κ1) is 18.0. The van der Waals surface area contributed by atoms with E-state index < -0.39 is 0 Å². The summed E-state index contributed by atoms with van der Waals surface area (Å²) in [6.45, 7) is 10.1. The fourth-order valence-corrected chi connectivity index (χ4v) is 4.72. The molecule has 26 heavy (non-hydrogen) atoms. The molecule has 3 nitrogen and oxygen atoms in total. The SMILES string of the molecule is CC(C)c1ccc(CN2CCC3(CC2)CC(NC(=O)C2(C)CC2)C3)cc1. The quantitative estimate of drug-likeness (QED) is 0.846. The normalized spacial score (nSPS) is 24.5. The molecule has 0 unspecified atom stereocenters. The molecule has 2 saturated carbocycles. The molecule has 0 bridgehead atoms. The van der Waals surface area contributed by atoms with Crippen LogP contribution in [0, 0.1) is 10.8 Å². The molecule has 3 fully saturated rings. The van der Waals surface area contributed by atoms with E-state index in [9.17, 15) is 4.79 Å². The molecule has 1 spiro atoms. The van der Waals surface area contributed by atoms with Crippen LogP contribution in [-0.2, 0) is 11.3 Å². The van der Waals surface area contributed by atoms with Crippen LogP contribution in [0.25, 0.3) is 0 Å². The van der Waals surface area contributed by atoms with Crippen molar-refractivity contribution in [1.29, 1.82) is 0 Å². The molecule has 1 amide bonds. The van der Waals surface area contributed by atoms with Crippen molar-refractivity contribution < 1.29 is 4.79 Å². The molecule has 1 heterocycles. The van der Waals surface area contributed by atoms with Crippen LogP contribution in [0.15, 0.2) is 24.3 Å². The largest absolute Gasteiger partial charge is 0.353 e. The Balaban J connectivity index is 1.22. The van der Waals surface area contributed by atoms with Crippen LogP contribution in [0.5, 0.6) is 0 Å². The van der Waals surface area contributed by atoms with Crippen molar-refractivity contribution in [2.75, 3.05) is 13.1 Å². The first-order valence-corrected chi connectivity index (χ1v) is 10.5. The van der Waals surface area contributed by atoms with Gasteiger partial charge in [-0.2, -0.15) is 0 Å². The van der Waals surface area contributed by atoms with Gasteiger partial charge >= 0.3 is 0 Å². The van der Waals surface area contributed by atoms with Crippen LogP contribution in [0.3, 0.4) is 0 Å². The number of amides is 1. The molecular weight excluding hydrogens is 320 g/mol. The fourth-order valence-electron chi connectivity index (χ4n) is 4.72. The third-order valence-corrected chi connectivity index (χ3v) is 7.21. The van der Waals surface area contributed by atoms with Crippen LogP contribution >= 0.6 is 0 Å². The van der Waals surface area contributed by atoms with E-state index in [-0.39, 0.29) is 5.41 Å². The number of benzene rings is 1. The molecule has 1 aromatic carbocycles. The van der Waals surface area contributed by atoms with Gasteiger partial charge in [0.15, 0.2) is 0 Å². The molecule has 0 atom stereocenters. The molecule has 2 aliphatic carbocycles. The summed E-state index contributed by atoms with van der Waals surface area (Å²) in [7, 11) is 0. The Morgan fingerprint density at radius 2 is 1.73 bits per heavy atom. The molecular formula is C23H34N2O. The molecule has 0 aromatic heterocycles. The highest BCUT2D eigenvalue weighted by Crippen LogP contribution is 2.50. The van der Waals surface area contributed by atoms with Crippen LogP contribution in [0.1, 0.15) is 76.3 Å². The highest BCUT2D eigenvalue weighted by molar-refractivity contribution is 5.85. The lowest BCUT2D eigenvalue weighted by molar-refractivity contribution is -0.128. The van der Waals surface area contributed by atoms with Gasteiger partial charge in [0, 0.05) is 18.0 Å². The zero-order chi connectivity index (χ0) is 18.4. The average molecular weight is 355 g/mol. The molecule has 4 rings (SSSR count). The number of hydrogen-bond acceptors (Lipinski definition) is 2. The summed E-state index contributed by atoms with van der Waals surface area (Å²) < 4.78 is 0. The lowest BCUT2D eigenvalue weighted by Crippen LogP contribution is -2.55. The predicted molar refractivity (Wildman–Crippen MR) is 106 cm³/mol. The lowest BCUT2D eigenvalue weighted by atomic mass is 9.60. The number of carbonyl (C=O) groups is 1. The average Bonchev–Trinajstić information content (AvgIpc) is 3.35. The molecule has 1 saturated heterocycles. The van der Waals surface area contributed by atoms with Gasteiger partial charge in [0.1, 0.15) is 0 Å². The second-order valence-electron chi connectivity index (χ2n) is 9.81. The van der Waals surface area contributed by atoms with E-state index >= 15 is 0 Å². The molecule has 3 heteroatoms. The molecule has 3 aliphatic rings. The molecule has 0 radical (unpaired) electrons. The van der Waals surface area contributed by atoms with Crippen molar-refractivity contribution in [2.24, 2.45) is 10.8 Å². The number of likely N-dealkylation sites (tertiary alicyclic amines) is 1. The number of nitrogens with zero attached hydrogens (tertiary/aromatic N) is 1. The second kappa shape index (κ2) is 6.67. The number of nitrogens with one attached hydrogen (secondary N) is 1. The van der Waals surface area contributed by atoms with Gasteiger partial charge in [-0.3, -0.25) is 9.69 Å². The Morgan fingerprint density at radius 1 is 1.12 bits per heavy atom. The summed E-state index contributed by atoms with van der Waals surface area (Å²) in [6, 6.07) is 9.60. The Morgan fingerprint density at radius 3 is 2.27 bits per heavy atom. The topological polar surface area (TPSA) is 32.3 Å². The number of carbonyl (C=O) groups excluding carboxylic acids is 1. The van der Waals surface area contributed by atoms with Crippen LogP contribution < -0.4 is 5.32 Å². The van der Waals surface area contributed by atoms with Gasteiger partial charge in [-0.05, 0) is 74.1 Å². The van der Waals surface area contributed by atoms with Gasteiger partial charge in [-0.15, -0.1) is 0 Å². The molecule has 1 aromatic rings.